The quantitative estimate of drug-likeness (QED) is 0.801. The van der Waals surface area contributed by atoms with Crippen molar-refractivity contribution >= 4 is 0 Å². The minimum Gasteiger partial charge on any atom is -0.395 e. The monoisotopic (exact) mass is 268 g/mol. The summed E-state index contributed by atoms with van der Waals surface area (Å²) in [4.78, 5) is 2.57. The first-order valence-electron chi connectivity index (χ1n) is 8.10. The fraction of sp³-hybridized carbons (Fsp3) is 1.00. The minimum atomic E-state index is 0.326. The predicted octanol–water partition coefficient (Wildman–Crippen LogP) is 2.10. The van der Waals surface area contributed by atoms with Gasteiger partial charge in [-0.05, 0) is 50.1 Å². The number of aliphatic hydroxyl groups is 1. The highest BCUT2D eigenvalue weighted by atomic mass is 16.3. The van der Waals surface area contributed by atoms with Crippen molar-refractivity contribution in [2.24, 2.45) is 17.3 Å². The molecule has 0 radical (unpaired) electrons. The van der Waals surface area contributed by atoms with Gasteiger partial charge in [0, 0.05) is 19.1 Å². The van der Waals surface area contributed by atoms with E-state index in [2.05, 4.69) is 31.1 Å². The number of nitrogens with one attached hydrogen (secondary N) is 1. The molecular formula is C16H32N2O. The van der Waals surface area contributed by atoms with Crippen LogP contribution in [-0.2, 0) is 0 Å². The highest BCUT2D eigenvalue weighted by molar-refractivity contribution is 4.94. The summed E-state index contributed by atoms with van der Waals surface area (Å²) in [5.74, 6) is 1.51. The van der Waals surface area contributed by atoms with Gasteiger partial charge in [-0.3, -0.25) is 4.90 Å². The first-order valence-corrected chi connectivity index (χ1v) is 8.10. The average Bonchev–Trinajstić information content (AvgIpc) is 2.69. The van der Waals surface area contributed by atoms with Gasteiger partial charge in [-0.2, -0.15) is 0 Å². The molecule has 2 rings (SSSR count). The largest absolute Gasteiger partial charge is 0.395 e. The SMILES string of the molecule is CNCC1(CN2CCC(C)C2CO)CCCC(C)C1. The lowest BCUT2D eigenvalue weighted by atomic mass is 9.69. The second-order valence-corrected chi connectivity index (χ2v) is 7.22. The Kier molecular flexibility index (Phi) is 5.27. The summed E-state index contributed by atoms with van der Waals surface area (Å²) in [6.45, 7) is 8.49. The molecule has 1 saturated heterocycles. The molecule has 3 heteroatoms. The second-order valence-electron chi connectivity index (χ2n) is 7.22. The summed E-state index contributed by atoms with van der Waals surface area (Å²) in [5, 5.41) is 13.1. The Morgan fingerprint density at radius 1 is 1.32 bits per heavy atom. The van der Waals surface area contributed by atoms with Gasteiger partial charge in [0.15, 0.2) is 0 Å². The lowest BCUT2D eigenvalue weighted by molar-refractivity contribution is 0.0530. The van der Waals surface area contributed by atoms with Crippen LogP contribution in [-0.4, -0.2) is 49.3 Å². The molecule has 2 N–H and O–H groups in total. The molecule has 0 amide bonds. The molecule has 2 fully saturated rings. The molecule has 112 valence electrons. The van der Waals surface area contributed by atoms with Crippen molar-refractivity contribution < 1.29 is 5.11 Å². The molecule has 3 nitrogen and oxygen atoms in total. The summed E-state index contributed by atoms with van der Waals surface area (Å²) in [7, 11) is 2.08. The van der Waals surface area contributed by atoms with Crippen LogP contribution in [0.2, 0.25) is 0 Å². The van der Waals surface area contributed by atoms with E-state index in [0.717, 1.165) is 12.5 Å². The van der Waals surface area contributed by atoms with Gasteiger partial charge in [0.05, 0.1) is 6.61 Å². The van der Waals surface area contributed by atoms with Gasteiger partial charge in [-0.15, -0.1) is 0 Å². The highest BCUT2D eigenvalue weighted by Gasteiger charge is 2.40. The van der Waals surface area contributed by atoms with E-state index in [4.69, 9.17) is 0 Å². The summed E-state index contributed by atoms with van der Waals surface area (Å²) in [6, 6.07) is 0.394. The third-order valence-electron chi connectivity index (χ3n) is 5.46. The zero-order valence-electron chi connectivity index (χ0n) is 13.0. The first-order chi connectivity index (χ1) is 9.10. The maximum Gasteiger partial charge on any atom is 0.0589 e. The van der Waals surface area contributed by atoms with Gasteiger partial charge in [0.2, 0.25) is 0 Å². The molecule has 0 bridgehead atoms. The molecular weight excluding hydrogens is 236 g/mol. The van der Waals surface area contributed by atoms with Gasteiger partial charge < -0.3 is 10.4 Å². The molecule has 2 aliphatic rings. The fourth-order valence-corrected chi connectivity index (χ4v) is 4.51. The normalized spacial score (nSPS) is 40.7. The van der Waals surface area contributed by atoms with Crippen LogP contribution >= 0.6 is 0 Å². The Labute approximate surface area is 118 Å². The predicted molar refractivity (Wildman–Crippen MR) is 80.2 cm³/mol. The molecule has 1 aliphatic carbocycles. The van der Waals surface area contributed by atoms with Crippen LogP contribution in [0.5, 0.6) is 0 Å². The molecule has 1 aliphatic heterocycles. The number of aliphatic hydroxyl groups excluding tert-OH is 1. The van der Waals surface area contributed by atoms with Gasteiger partial charge in [0.1, 0.15) is 0 Å². The Bertz CT molecular complexity index is 280. The fourth-order valence-electron chi connectivity index (χ4n) is 4.51. The van der Waals surface area contributed by atoms with Crippen molar-refractivity contribution in [2.45, 2.75) is 52.0 Å². The van der Waals surface area contributed by atoms with Crippen molar-refractivity contribution in [1.29, 1.82) is 0 Å². The number of hydrogen-bond acceptors (Lipinski definition) is 3. The molecule has 4 unspecified atom stereocenters. The van der Waals surface area contributed by atoms with E-state index in [1.54, 1.807) is 0 Å². The van der Waals surface area contributed by atoms with Crippen molar-refractivity contribution in [2.75, 3.05) is 33.3 Å². The molecule has 0 aromatic rings. The molecule has 1 heterocycles. The van der Waals surface area contributed by atoms with Crippen molar-refractivity contribution in [3.8, 4) is 0 Å². The maximum absolute atomic E-state index is 9.64. The maximum atomic E-state index is 9.64. The number of likely N-dealkylation sites (tertiary alicyclic amines) is 1. The molecule has 19 heavy (non-hydrogen) atoms. The van der Waals surface area contributed by atoms with Gasteiger partial charge in [0.25, 0.3) is 0 Å². The highest BCUT2D eigenvalue weighted by Crippen LogP contribution is 2.41. The zero-order valence-corrected chi connectivity index (χ0v) is 13.0. The summed E-state index contributed by atoms with van der Waals surface area (Å²) >= 11 is 0. The van der Waals surface area contributed by atoms with Crippen LogP contribution in [0.1, 0.15) is 46.0 Å². The van der Waals surface area contributed by atoms with Crippen LogP contribution in [0.15, 0.2) is 0 Å². The number of hydrogen-bond donors (Lipinski definition) is 2. The van der Waals surface area contributed by atoms with E-state index in [0.29, 0.717) is 24.0 Å². The zero-order chi connectivity index (χ0) is 13.9. The average molecular weight is 268 g/mol. The Morgan fingerprint density at radius 3 is 2.74 bits per heavy atom. The molecule has 4 atom stereocenters. The smallest absolute Gasteiger partial charge is 0.0589 e. The van der Waals surface area contributed by atoms with Crippen LogP contribution in [0.3, 0.4) is 0 Å². The van der Waals surface area contributed by atoms with Crippen LogP contribution < -0.4 is 5.32 Å². The van der Waals surface area contributed by atoms with Crippen LogP contribution in [0.25, 0.3) is 0 Å². The third-order valence-corrected chi connectivity index (χ3v) is 5.46. The Balaban J connectivity index is 2.03. The third kappa shape index (κ3) is 3.50. The Morgan fingerprint density at radius 2 is 2.11 bits per heavy atom. The lowest BCUT2D eigenvalue weighted by Crippen LogP contribution is -2.48. The number of rotatable bonds is 5. The van der Waals surface area contributed by atoms with Crippen molar-refractivity contribution in [3.63, 3.8) is 0 Å². The van der Waals surface area contributed by atoms with E-state index in [1.807, 2.05) is 0 Å². The Hall–Kier alpha value is -0.120. The molecule has 0 aromatic carbocycles. The molecule has 0 aromatic heterocycles. The van der Waals surface area contributed by atoms with E-state index < -0.39 is 0 Å². The van der Waals surface area contributed by atoms with Gasteiger partial charge >= 0.3 is 0 Å². The minimum absolute atomic E-state index is 0.326. The standard InChI is InChI=1S/C16H32N2O/c1-13-5-4-7-16(9-13,11-17-3)12-18-8-6-14(2)15(18)10-19/h13-15,17,19H,4-12H2,1-3H3. The first kappa shape index (κ1) is 15.3. The lowest BCUT2D eigenvalue weighted by Gasteiger charge is -2.44. The van der Waals surface area contributed by atoms with Crippen molar-refractivity contribution in [3.05, 3.63) is 0 Å². The van der Waals surface area contributed by atoms with Crippen LogP contribution in [0.4, 0.5) is 0 Å². The van der Waals surface area contributed by atoms with E-state index in [9.17, 15) is 5.11 Å². The molecule has 1 saturated carbocycles. The van der Waals surface area contributed by atoms with Crippen molar-refractivity contribution in [1.82, 2.24) is 10.2 Å². The number of nitrogens with zero attached hydrogens (tertiary/aromatic N) is 1. The van der Waals surface area contributed by atoms with E-state index in [-0.39, 0.29) is 0 Å². The van der Waals surface area contributed by atoms with E-state index in [1.165, 1.54) is 45.2 Å². The summed E-state index contributed by atoms with van der Waals surface area (Å²) < 4.78 is 0. The van der Waals surface area contributed by atoms with Crippen LogP contribution in [0, 0.1) is 17.3 Å². The molecule has 0 spiro atoms. The summed E-state index contributed by atoms with van der Waals surface area (Å²) in [6.07, 6.45) is 6.70. The van der Waals surface area contributed by atoms with E-state index >= 15 is 0 Å². The second kappa shape index (κ2) is 6.55. The summed E-state index contributed by atoms with van der Waals surface area (Å²) in [5.41, 5.74) is 0.434. The van der Waals surface area contributed by atoms with Gasteiger partial charge in [-0.1, -0.05) is 26.7 Å². The topological polar surface area (TPSA) is 35.5 Å². The van der Waals surface area contributed by atoms with Gasteiger partial charge in [-0.25, -0.2) is 0 Å².